The van der Waals surface area contributed by atoms with Crippen LogP contribution in [-0.2, 0) is 0 Å². The van der Waals surface area contributed by atoms with E-state index in [4.69, 9.17) is 14.6 Å². The molecule has 14 heavy (non-hydrogen) atoms. The maximum atomic E-state index is 9.16. The van der Waals surface area contributed by atoms with Crippen LogP contribution in [0.2, 0.25) is 0 Å². The smallest absolute Gasteiger partial charge is 0.120 e. The number of hydrogen-bond acceptors (Lipinski definition) is 4. The van der Waals surface area contributed by atoms with Gasteiger partial charge in [0.1, 0.15) is 5.76 Å². The minimum Gasteiger partial charge on any atom is -0.468 e. The average Bonchev–Trinajstić information content (AvgIpc) is 2.72. The van der Waals surface area contributed by atoms with Gasteiger partial charge < -0.3 is 19.9 Å². The van der Waals surface area contributed by atoms with Crippen molar-refractivity contribution in [3.8, 4) is 0 Å². The first-order valence-electron chi connectivity index (χ1n) is 4.83. The zero-order chi connectivity index (χ0) is 10.4. The SMILES string of the molecule is CCC(NCC(O)CO)c1ccco1. The van der Waals surface area contributed by atoms with Gasteiger partial charge in [-0.25, -0.2) is 0 Å². The highest BCUT2D eigenvalue weighted by molar-refractivity contribution is 5.03. The molecule has 0 aliphatic heterocycles. The van der Waals surface area contributed by atoms with Gasteiger partial charge in [0.15, 0.2) is 0 Å². The first kappa shape index (κ1) is 11.2. The minimum atomic E-state index is -0.709. The van der Waals surface area contributed by atoms with Gasteiger partial charge in [0.25, 0.3) is 0 Å². The van der Waals surface area contributed by atoms with Gasteiger partial charge in [-0.1, -0.05) is 6.92 Å². The molecule has 4 nitrogen and oxygen atoms in total. The molecule has 2 unspecified atom stereocenters. The molecule has 0 radical (unpaired) electrons. The van der Waals surface area contributed by atoms with Crippen molar-refractivity contribution in [3.63, 3.8) is 0 Å². The fourth-order valence-corrected chi connectivity index (χ4v) is 1.28. The maximum Gasteiger partial charge on any atom is 0.120 e. The van der Waals surface area contributed by atoms with Crippen LogP contribution in [0.4, 0.5) is 0 Å². The summed E-state index contributed by atoms with van der Waals surface area (Å²) in [6.45, 7) is 2.18. The second kappa shape index (κ2) is 5.80. The summed E-state index contributed by atoms with van der Waals surface area (Å²) in [5.74, 6) is 0.859. The largest absolute Gasteiger partial charge is 0.468 e. The van der Waals surface area contributed by atoms with Crippen molar-refractivity contribution in [2.24, 2.45) is 0 Å². The van der Waals surface area contributed by atoms with E-state index in [-0.39, 0.29) is 12.6 Å². The van der Waals surface area contributed by atoms with Crippen LogP contribution in [0.25, 0.3) is 0 Å². The molecule has 0 spiro atoms. The molecule has 0 aliphatic carbocycles. The molecule has 0 aromatic carbocycles. The van der Waals surface area contributed by atoms with Gasteiger partial charge in [0.2, 0.25) is 0 Å². The fourth-order valence-electron chi connectivity index (χ4n) is 1.28. The normalized spacial score (nSPS) is 15.4. The number of aliphatic hydroxyl groups is 2. The Morgan fingerprint density at radius 3 is 2.86 bits per heavy atom. The van der Waals surface area contributed by atoms with Crippen LogP contribution in [0.1, 0.15) is 25.1 Å². The molecule has 4 heteroatoms. The molecule has 0 saturated heterocycles. The third kappa shape index (κ3) is 3.14. The van der Waals surface area contributed by atoms with Crippen LogP contribution in [0.5, 0.6) is 0 Å². The van der Waals surface area contributed by atoms with Crippen LogP contribution in [0.15, 0.2) is 22.8 Å². The third-order valence-electron chi connectivity index (χ3n) is 2.11. The predicted octanol–water partition coefficient (Wildman–Crippen LogP) is 0.673. The summed E-state index contributed by atoms with van der Waals surface area (Å²) in [7, 11) is 0. The number of furan rings is 1. The van der Waals surface area contributed by atoms with E-state index in [2.05, 4.69) is 5.32 Å². The van der Waals surface area contributed by atoms with Gasteiger partial charge in [-0.05, 0) is 18.6 Å². The van der Waals surface area contributed by atoms with Crippen LogP contribution in [-0.4, -0.2) is 29.5 Å². The van der Waals surface area contributed by atoms with Crippen molar-refractivity contribution in [1.82, 2.24) is 5.32 Å². The maximum absolute atomic E-state index is 9.16. The molecule has 80 valence electrons. The van der Waals surface area contributed by atoms with Crippen LogP contribution in [0, 0.1) is 0 Å². The lowest BCUT2D eigenvalue weighted by molar-refractivity contribution is 0.0909. The van der Waals surface area contributed by atoms with Crippen LogP contribution in [0.3, 0.4) is 0 Å². The molecule has 0 amide bonds. The summed E-state index contributed by atoms with van der Waals surface area (Å²) in [4.78, 5) is 0. The Labute approximate surface area is 83.6 Å². The molecule has 2 atom stereocenters. The summed E-state index contributed by atoms with van der Waals surface area (Å²) in [5, 5.41) is 20.9. The van der Waals surface area contributed by atoms with Gasteiger partial charge in [-0.15, -0.1) is 0 Å². The standard InChI is InChI=1S/C10H17NO3/c1-2-9(10-4-3-5-14-10)11-6-8(13)7-12/h3-5,8-9,11-13H,2,6-7H2,1H3. The van der Waals surface area contributed by atoms with Gasteiger partial charge in [0, 0.05) is 6.54 Å². The quantitative estimate of drug-likeness (QED) is 0.630. The van der Waals surface area contributed by atoms with Crippen LogP contribution >= 0.6 is 0 Å². The van der Waals surface area contributed by atoms with Crippen LogP contribution < -0.4 is 5.32 Å². The van der Waals surface area contributed by atoms with E-state index < -0.39 is 6.10 Å². The molecular weight excluding hydrogens is 182 g/mol. The van der Waals surface area contributed by atoms with E-state index >= 15 is 0 Å². The molecular formula is C10H17NO3. The van der Waals surface area contributed by atoms with Gasteiger partial charge in [0.05, 0.1) is 25.0 Å². The Bertz CT molecular complexity index is 236. The summed E-state index contributed by atoms with van der Waals surface area (Å²) in [6, 6.07) is 3.83. The molecule has 0 aliphatic rings. The lowest BCUT2D eigenvalue weighted by atomic mass is 10.1. The van der Waals surface area contributed by atoms with E-state index in [0.29, 0.717) is 6.54 Å². The lowest BCUT2D eigenvalue weighted by Gasteiger charge is -2.16. The number of hydrogen-bond donors (Lipinski definition) is 3. The second-order valence-corrected chi connectivity index (χ2v) is 3.22. The number of rotatable bonds is 6. The molecule has 0 saturated carbocycles. The highest BCUT2D eigenvalue weighted by Gasteiger charge is 2.12. The molecule has 1 rings (SSSR count). The summed E-state index contributed by atoms with van der Waals surface area (Å²) in [6.07, 6.45) is 1.80. The van der Waals surface area contributed by atoms with E-state index in [0.717, 1.165) is 12.2 Å². The van der Waals surface area contributed by atoms with Gasteiger partial charge in [-0.2, -0.15) is 0 Å². The zero-order valence-corrected chi connectivity index (χ0v) is 8.31. The Balaban J connectivity index is 2.40. The van der Waals surface area contributed by atoms with Crippen molar-refractivity contribution >= 4 is 0 Å². The lowest BCUT2D eigenvalue weighted by Crippen LogP contribution is -2.32. The highest BCUT2D eigenvalue weighted by Crippen LogP contribution is 2.16. The molecule has 3 N–H and O–H groups in total. The Hall–Kier alpha value is -0.840. The third-order valence-corrected chi connectivity index (χ3v) is 2.11. The summed E-state index contributed by atoms with van der Waals surface area (Å²) >= 11 is 0. The Morgan fingerprint density at radius 1 is 1.57 bits per heavy atom. The van der Waals surface area contributed by atoms with E-state index in [1.807, 2.05) is 19.1 Å². The van der Waals surface area contributed by atoms with Crippen molar-refractivity contribution < 1.29 is 14.6 Å². The number of nitrogens with one attached hydrogen (secondary N) is 1. The number of aliphatic hydroxyl groups excluding tert-OH is 2. The fraction of sp³-hybridized carbons (Fsp3) is 0.600. The molecule has 1 aromatic rings. The topological polar surface area (TPSA) is 65.6 Å². The second-order valence-electron chi connectivity index (χ2n) is 3.22. The predicted molar refractivity (Wildman–Crippen MR) is 52.8 cm³/mol. The van der Waals surface area contributed by atoms with Gasteiger partial charge >= 0.3 is 0 Å². The minimum absolute atomic E-state index is 0.103. The monoisotopic (exact) mass is 199 g/mol. The first-order chi connectivity index (χ1) is 6.77. The van der Waals surface area contributed by atoms with E-state index in [1.165, 1.54) is 0 Å². The van der Waals surface area contributed by atoms with Gasteiger partial charge in [-0.3, -0.25) is 0 Å². The Kier molecular flexibility index (Phi) is 4.65. The summed E-state index contributed by atoms with van der Waals surface area (Å²) < 4.78 is 5.25. The molecule has 1 heterocycles. The van der Waals surface area contributed by atoms with Crippen molar-refractivity contribution in [2.75, 3.05) is 13.2 Å². The highest BCUT2D eigenvalue weighted by atomic mass is 16.3. The van der Waals surface area contributed by atoms with E-state index in [9.17, 15) is 0 Å². The average molecular weight is 199 g/mol. The molecule has 0 bridgehead atoms. The van der Waals surface area contributed by atoms with Crippen molar-refractivity contribution in [2.45, 2.75) is 25.5 Å². The van der Waals surface area contributed by atoms with Crippen molar-refractivity contribution in [3.05, 3.63) is 24.2 Å². The zero-order valence-electron chi connectivity index (χ0n) is 8.31. The Morgan fingerprint density at radius 2 is 2.36 bits per heavy atom. The molecule has 1 aromatic heterocycles. The van der Waals surface area contributed by atoms with E-state index in [1.54, 1.807) is 6.26 Å². The van der Waals surface area contributed by atoms with Crippen molar-refractivity contribution in [1.29, 1.82) is 0 Å². The first-order valence-corrected chi connectivity index (χ1v) is 4.83. The summed E-state index contributed by atoms with van der Waals surface area (Å²) in [5.41, 5.74) is 0. The molecule has 0 fully saturated rings.